The van der Waals surface area contributed by atoms with E-state index in [0.29, 0.717) is 10.9 Å². The molecule has 5 heteroatoms. The SMILES string of the molecule is CCC(C)Nc1ccc(S(=O)(=O)NC2CC2)cc1. The van der Waals surface area contributed by atoms with E-state index >= 15 is 0 Å². The van der Waals surface area contributed by atoms with Crippen LogP contribution < -0.4 is 10.0 Å². The van der Waals surface area contributed by atoms with Crippen LogP contribution in [0.15, 0.2) is 29.2 Å². The summed E-state index contributed by atoms with van der Waals surface area (Å²) in [5, 5.41) is 3.31. The Morgan fingerprint density at radius 1 is 1.28 bits per heavy atom. The van der Waals surface area contributed by atoms with E-state index in [1.54, 1.807) is 12.1 Å². The highest BCUT2D eigenvalue weighted by Crippen LogP contribution is 2.22. The minimum Gasteiger partial charge on any atom is -0.383 e. The van der Waals surface area contributed by atoms with Crippen molar-refractivity contribution in [3.8, 4) is 0 Å². The van der Waals surface area contributed by atoms with Crippen molar-refractivity contribution in [1.82, 2.24) is 4.72 Å². The van der Waals surface area contributed by atoms with Gasteiger partial charge in [0.05, 0.1) is 4.90 Å². The molecule has 0 spiro atoms. The Kier molecular flexibility index (Phi) is 3.92. The fraction of sp³-hybridized carbons (Fsp3) is 0.538. The molecule has 0 aromatic heterocycles. The summed E-state index contributed by atoms with van der Waals surface area (Å²) in [6.07, 6.45) is 2.93. The van der Waals surface area contributed by atoms with Crippen LogP contribution in [0.3, 0.4) is 0 Å². The monoisotopic (exact) mass is 268 g/mol. The molecule has 100 valence electrons. The van der Waals surface area contributed by atoms with Crippen molar-refractivity contribution in [3.63, 3.8) is 0 Å². The van der Waals surface area contributed by atoms with Crippen molar-refractivity contribution >= 4 is 15.7 Å². The van der Waals surface area contributed by atoms with Crippen LogP contribution in [-0.4, -0.2) is 20.5 Å². The maximum atomic E-state index is 11.9. The third-order valence-electron chi connectivity index (χ3n) is 3.09. The molecule has 0 saturated heterocycles. The lowest BCUT2D eigenvalue weighted by Gasteiger charge is -2.13. The molecular weight excluding hydrogens is 248 g/mol. The fourth-order valence-corrected chi connectivity index (χ4v) is 2.91. The Morgan fingerprint density at radius 3 is 2.39 bits per heavy atom. The van der Waals surface area contributed by atoms with Crippen LogP contribution in [0.25, 0.3) is 0 Å². The largest absolute Gasteiger partial charge is 0.383 e. The van der Waals surface area contributed by atoms with Crippen LogP contribution >= 0.6 is 0 Å². The number of rotatable bonds is 6. The van der Waals surface area contributed by atoms with Crippen molar-refractivity contribution in [1.29, 1.82) is 0 Å². The summed E-state index contributed by atoms with van der Waals surface area (Å²) in [5.74, 6) is 0. The standard InChI is InChI=1S/C13H20N2O2S/c1-3-10(2)14-11-6-8-13(9-7-11)18(16,17)15-12-4-5-12/h6-10,12,14-15H,3-5H2,1-2H3. The summed E-state index contributed by atoms with van der Waals surface area (Å²) in [6.45, 7) is 4.20. The van der Waals surface area contributed by atoms with Gasteiger partial charge in [0.25, 0.3) is 0 Å². The molecule has 2 N–H and O–H groups in total. The summed E-state index contributed by atoms with van der Waals surface area (Å²) in [7, 11) is -3.33. The summed E-state index contributed by atoms with van der Waals surface area (Å²) in [5.41, 5.74) is 0.953. The number of anilines is 1. The highest BCUT2D eigenvalue weighted by Gasteiger charge is 2.27. The highest BCUT2D eigenvalue weighted by atomic mass is 32.2. The minimum atomic E-state index is -3.33. The molecule has 1 unspecified atom stereocenters. The first-order valence-corrected chi connectivity index (χ1v) is 7.88. The van der Waals surface area contributed by atoms with E-state index < -0.39 is 10.0 Å². The first-order valence-electron chi connectivity index (χ1n) is 6.40. The van der Waals surface area contributed by atoms with Crippen LogP contribution in [0.5, 0.6) is 0 Å². The van der Waals surface area contributed by atoms with E-state index in [9.17, 15) is 8.42 Å². The van der Waals surface area contributed by atoms with Crippen LogP contribution in [0.4, 0.5) is 5.69 Å². The normalized spacial score (nSPS) is 17.4. The maximum Gasteiger partial charge on any atom is 0.240 e. The van der Waals surface area contributed by atoms with Gasteiger partial charge in [-0.2, -0.15) is 0 Å². The Bertz CT molecular complexity index is 492. The number of nitrogens with one attached hydrogen (secondary N) is 2. The summed E-state index contributed by atoms with van der Waals surface area (Å²) in [6, 6.07) is 7.46. The van der Waals surface area contributed by atoms with Gasteiger partial charge in [0.15, 0.2) is 0 Å². The van der Waals surface area contributed by atoms with E-state index in [0.717, 1.165) is 24.9 Å². The fourth-order valence-electron chi connectivity index (χ4n) is 1.61. The molecule has 4 nitrogen and oxygen atoms in total. The van der Waals surface area contributed by atoms with Crippen molar-refractivity contribution in [2.24, 2.45) is 0 Å². The summed E-state index contributed by atoms with van der Waals surface area (Å²) >= 11 is 0. The quantitative estimate of drug-likeness (QED) is 0.832. The predicted octanol–water partition coefficient (Wildman–Crippen LogP) is 2.34. The highest BCUT2D eigenvalue weighted by molar-refractivity contribution is 7.89. The Hall–Kier alpha value is -1.07. The second-order valence-electron chi connectivity index (χ2n) is 4.87. The zero-order valence-electron chi connectivity index (χ0n) is 10.8. The molecular formula is C13H20N2O2S. The molecule has 1 aromatic rings. The van der Waals surface area contributed by atoms with Crippen LogP contribution in [0.2, 0.25) is 0 Å². The molecule has 1 aromatic carbocycles. The molecule has 2 rings (SSSR count). The van der Waals surface area contributed by atoms with Crippen molar-refractivity contribution in [2.75, 3.05) is 5.32 Å². The van der Waals surface area contributed by atoms with Crippen LogP contribution in [0.1, 0.15) is 33.1 Å². The van der Waals surface area contributed by atoms with Crippen molar-refractivity contribution in [2.45, 2.75) is 50.1 Å². The van der Waals surface area contributed by atoms with Crippen LogP contribution in [-0.2, 0) is 10.0 Å². The first kappa shape index (κ1) is 13.4. The Morgan fingerprint density at radius 2 is 1.89 bits per heavy atom. The molecule has 0 amide bonds. The van der Waals surface area contributed by atoms with E-state index in [4.69, 9.17) is 0 Å². The van der Waals surface area contributed by atoms with E-state index in [-0.39, 0.29) is 6.04 Å². The average Bonchev–Trinajstić information content (AvgIpc) is 3.13. The number of sulfonamides is 1. The van der Waals surface area contributed by atoms with Crippen molar-refractivity contribution < 1.29 is 8.42 Å². The van der Waals surface area contributed by atoms with Gasteiger partial charge in [-0.15, -0.1) is 0 Å². The summed E-state index contributed by atoms with van der Waals surface area (Å²) in [4.78, 5) is 0.337. The zero-order valence-corrected chi connectivity index (χ0v) is 11.6. The molecule has 0 aliphatic heterocycles. The minimum absolute atomic E-state index is 0.146. The number of hydrogen-bond donors (Lipinski definition) is 2. The lowest BCUT2D eigenvalue weighted by atomic mass is 10.2. The Balaban J connectivity index is 2.06. The van der Waals surface area contributed by atoms with Gasteiger partial charge < -0.3 is 5.32 Å². The number of benzene rings is 1. The summed E-state index contributed by atoms with van der Waals surface area (Å²) < 4.78 is 26.6. The second-order valence-corrected chi connectivity index (χ2v) is 6.59. The average molecular weight is 268 g/mol. The Labute approximate surface area is 109 Å². The molecule has 1 fully saturated rings. The third-order valence-corrected chi connectivity index (χ3v) is 4.63. The zero-order chi connectivity index (χ0) is 13.2. The van der Waals surface area contributed by atoms with Crippen LogP contribution in [0, 0.1) is 0 Å². The number of hydrogen-bond acceptors (Lipinski definition) is 3. The van der Waals surface area contributed by atoms with Gasteiger partial charge in [0.1, 0.15) is 0 Å². The van der Waals surface area contributed by atoms with Gasteiger partial charge in [-0.25, -0.2) is 13.1 Å². The second kappa shape index (κ2) is 5.28. The van der Waals surface area contributed by atoms with Gasteiger partial charge in [0, 0.05) is 17.8 Å². The molecule has 0 bridgehead atoms. The molecule has 0 radical (unpaired) electrons. The lowest BCUT2D eigenvalue weighted by molar-refractivity contribution is 0.581. The van der Waals surface area contributed by atoms with Gasteiger partial charge in [-0.05, 0) is 50.5 Å². The molecule has 1 aliphatic rings. The molecule has 0 heterocycles. The van der Waals surface area contributed by atoms with Gasteiger partial charge in [0.2, 0.25) is 10.0 Å². The topological polar surface area (TPSA) is 58.2 Å². The van der Waals surface area contributed by atoms with Gasteiger partial charge >= 0.3 is 0 Å². The smallest absolute Gasteiger partial charge is 0.240 e. The molecule has 1 aliphatic carbocycles. The predicted molar refractivity (Wildman–Crippen MR) is 73.2 cm³/mol. The maximum absolute atomic E-state index is 11.9. The lowest BCUT2D eigenvalue weighted by Crippen LogP contribution is -2.25. The van der Waals surface area contributed by atoms with Crippen molar-refractivity contribution in [3.05, 3.63) is 24.3 Å². The third kappa shape index (κ3) is 3.46. The van der Waals surface area contributed by atoms with E-state index in [1.165, 1.54) is 0 Å². The molecule has 18 heavy (non-hydrogen) atoms. The molecule has 1 saturated carbocycles. The van der Waals surface area contributed by atoms with Gasteiger partial charge in [-0.3, -0.25) is 0 Å². The van der Waals surface area contributed by atoms with E-state index in [1.807, 2.05) is 12.1 Å². The molecule has 1 atom stereocenters. The first-order chi connectivity index (χ1) is 8.51. The van der Waals surface area contributed by atoms with E-state index in [2.05, 4.69) is 23.9 Å². The van der Waals surface area contributed by atoms with Gasteiger partial charge in [-0.1, -0.05) is 6.92 Å².